The average Bonchev–Trinajstić information content (AvgIpc) is 2.75. The molecule has 6 nitrogen and oxygen atoms in total. The molecule has 0 saturated heterocycles. The Kier molecular flexibility index (Phi) is 7.51. The van der Waals surface area contributed by atoms with Crippen molar-refractivity contribution in [1.29, 1.82) is 0 Å². The predicted molar refractivity (Wildman–Crippen MR) is 114 cm³/mol. The first-order valence-corrected chi connectivity index (χ1v) is 11.6. The van der Waals surface area contributed by atoms with E-state index in [1.54, 1.807) is 0 Å². The molecule has 1 N–H and O–H groups in total. The molecule has 2 aromatic carbocycles. The Morgan fingerprint density at radius 1 is 1.13 bits per heavy atom. The van der Waals surface area contributed by atoms with Crippen molar-refractivity contribution in [3.8, 4) is 5.75 Å². The number of sulfonamides is 1. The molecule has 0 heterocycles. The number of halogens is 3. The molecule has 3 rings (SSSR count). The number of benzene rings is 2. The molecule has 0 aliphatic heterocycles. The van der Waals surface area contributed by atoms with Crippen LogP contribution in [-0.4, -0.2) is 38.3 Å². The summed E-state index contributed by atoms with van der Waals surface area (Å²) in [5.41, 5.74) is 0.0392. The fourth-order valence-electron chi connectivity index (χ4n) is 3.64. The molecule has 0 spiro atoms. The Hall–Kier alpha value is -2.23. The Morgan fingerprint density at radius 2 is 1.84 bits per heavy atom. The number of anilines is 1. The fourth-order valence-corrected chi connectivity index (χ4v) is 5.63. The van der Waals surface area contributed by atoms with E-state index < -0.39 is 34.1 Å². The molecule has 0 aromatic heterocycles. The molecule has 1 fully saturated rings. The van der Waals surface area contributed by atoms with Gasteiger partial charge >= 0.3 is 0 Å². The highest BCUT2D eigenvalue weighted by Gasteiger charge is 2.34. The summed E-state index contributed by atoms with van der Waals surface area (Å²) in [5.74, 6) is -2.47. The molecular weight excluding hydrogens is 450 g/mol. The van der Waals surface area contributed by atoms with Crippen LogP contribution >= 0.6 is 11.6 Å². The zero-order valence-electron chi connectivity index (χ0n) is 16.9. The van der Waals surface area contributed by atoms with Crippen molar-refractivity contribution < 1.29 is 26.7 Å². The first-order valence-electron chi connectivity index (χ1n) is 9.82. The minimum absolute atomic E-state index is 0.0392. The molecule has 0 atom stereocenters. The molecule has 31 heavy (non-hydrogen) atoms. The van der Waals surface area contributed by atoms with Crippen molar-refractivity contribution in [2.24, 2.45) is 0 Å². The first-order chi connectivity index (χ1) is 14.7. The summed E-state index contributed by atoms with van der Waals surface area (Å²) in [6.45, 7) is -0.463. The van der Waals surface area contributed by atoms with E-state index in [0.717, 1.165) is 31.4 Å². The van der Waals surface area contributed by atoms with Crippen LogP contribution < -0.4 is 10.1 Å². The molecule has 1 amide bonds. The van der Waals surface area contributed by atoms with Crippen LogP contribution in [0.25, 0.3) is 0 Å². The number of rotatable bonds is 7. The monoisotopic (exact) mass is 472 g/mol. The summed E-state index contributed by atoms with van der Waals surface area (Å²) in [6.07, 6.45) is 3.96. The molecule has 10 heteroatoms. The normalized spacial score (nSPS) is 15.1. The van der Waals surface area contributed by atoms with E-state index in [1.165, 1.54) is 35.7 Å². The first kappa shape index (κ1) is 23.4. The molecule has 1 saturated carbocycles. The molecule has 168 valence electrons. The fraction of sp³-hybridized carbons (Fsp3) is 0.381. The Balaban J connectivity index is 1.87. The summed E-state index contributed by atoms with van der Waals surface area (Å²) in [5, 5.41) is 2.57. The number of hydrogen-bond acceptors (Lipinski definition) is 4. The van der Waals surface area contributed by atoms with Crippen molar-refractivity contribution in [3.05, 3.63) is 53.1 Å². The smallest absolute Gasteiger partial charge is 0.243 e. The number of ether oxygens (including phenoxy) is 1. The van der Waals surface area contributed by atoms with Crippen LogP contribution in [0, 0.1) is 11.6 Å². The maximum absolute atomic E-state index is 13.4. The van der Waals surface area contributed by atoms with E-state index in [2.05, 4.69) is 5.32 Å². The second kappa shape index (κ2) is 9.93. The van der Waals surface area contributed by atoms with Gasteiger partial charge in [-0.05, 0) is 43.2 Å². The van der Waals surface area contributed by atoms with Gasteiger partial charge in [0.1, 0.15) is 5.75 Å². The van der Waals surface area contributed by atoms with Gasteiger partial charge in [0.2, 0.25) is 15.9 Å². The van der Waals surface area contributed by atoms with E-state index in [0.29, 0.717) is 18.6 Å². The molecule has 0 unspecified atom stereocenters. The van der Waals surface area contributed by atoms with Gasteiger partial charge in [0.15, 0.2) is 11.6 Å². The topological polar surface area (TPSA) is 75.7 Å². The molecule has 2 aromatic rings. The Bertz CT molecular complexity index is 1060. The third kappa shape index (κ3) is 5.53. The van der Waals surface area contributed by atoms with E-state index in [4.69, 9.17) is 16.3 Å². The van der Waals surface area contributed by atoms with Crippen LogP contribution in [0.1, 0.15) is 32.1 Å². The molecular formula is C21H23ClF2N2O4S. The highest BCUT2D eigenvalue weighted by Crippen LogP contribution is 2.32. The largest absolute Gasteiger partial charge is 0.495 e. The minimum atomic E-state index is -4.05. The van der Waals surface area contributed by atoms with Gasteiger partial charge in [-0.25, -0.2) is 17.2 Å². The number of carbonyl (C=O) groups excluding carboxylic acids is 1. The van der Waals surface area contributed by atoms with Crippen molar-refractivity contribution in [2.75, 3.05) is 19.0 Å². The number of amides is 1. The van der Waals surface area contributed by atoms with Crippen LogP contribution in [0.4, 0.5) is 14.5 Å². The van der Waals surface area contributed by atoms with Crippen LogP contribution in [0.2, 0.25) is 5.02 Å². The van der Waals surface area contributed by atoms with Gasteiger partial charge in [0, 0.05) is 17.8 Å². The molecule has 0 bridgehead atoms. The quantitative estimate of drug-likeness (QED) is 0.639. The summed E-state index contributed by atoms with van der Waals surface area (Å²) in [6, 6.07) is 6.71. The van der Waals surface area contributed by atoms with E-state index in [9.17, 15) is 22.0 Å². The van der Waals surface area contributed by atoms with Crippen LogP contribution in [-0.2, 0) is 14.8 Å². The van der Waals surface area contributed by atoms with Crippen LogP contribution in [0.3, 0.4) is 0 Å². The minimum Gasteiger partial charge on any atom is -0.495 e. The van der Waals surface area contributed by atoms with Crippen LogP contribution in [0.15, 0.2) is 41.3 Å². The van der Waals surface area contributed by atoms with Gasteiger partial charge in [0.05, 0.1) is 23.6 Å². The lowest BCUT2D eigenvalue weighted by Crippen LogP contribution is -2.45. The Labute approximate surface area is 185 Å². The third-order valence-corrected chi connectivity index (χ3v) is 7.40. The van der Waals surface area contributed by atoms with Crippen molar-refractivity contribution >= 4 is 33.2 Å². The van der Waals surface area contributed by atoms with E-state index in [-0.39, 0.29) is 21.6 Å². The van der Waals surface area contributed by atoms with Gasteiger partial charge in [-0.3, -0.25) is 4.79 Å². The maximum Gasteiger partial charge on any atom is 0.243 e. The number of nitrogens with one attached hydrogen (secondary N) is 1. The van der Waals surface area contributed by atoms with Gasteiger partial charge in [0.25, 0.3) is 0 Å². The van der Waals surface area contributed by atoms with Gasteiger partial charge in [-0.2, -0.15) is 4.31 Å². The van der Waals surface area contributed by atoms with E-state index >= 15 is 0 Å². The summed E-state index contributed by atoms with van der Waals surface area (Å²) >= 11 is 6.11. The Morgan fingerprint density at radius 3 is 2.45 bits per heavy atom. The second-order valence-electron chi connectivity index (χ2n) is 7.32. The van der Waals surface area contributed by atoms with Gasteiger partial charge in [-0.1, -0.05) is 30.9 Å². The third-order valence-electron chi connectivity index (χ3n) is 5.21. The standard InChI is InChI=1S/C21H23ClF2N2O4S/c1-30-20-10-8-16(12-17(20)22)31(28,29)26(15-5-3-2-4-6-15)13-21(27)25-14-7-9-18(23)19(24)11-14/h7-12,15H,2-6,13H2,1H3,(H,25,27). The van der Waals surface area contributed by atoms with Crippen LogP contribution in [0.5, 0.6) is 5.75 Å². The lowest BCUT2D eigenvalue weighted by molar-refractivity contribution is -0.116. The number of hydrogen-bond donors (Lipinski definition) is 1. The SMILES string of the molecule is COc1ccc(S(=O)(=O)N(CC(=O)Nc2ccc(F)c(F)c2)C2CCCCC2)cc1Cl. The van der Waals surface area contributed by atoms with E-state index in [1.807, 2.05) is 0 Å². The average molecular weight is 473 g/mol. The maximum atomic E-state index is 13.4. The highest BCUT2D eigenvalue weighted by atomic mass is 35.5. The lowest BCUT2D eigenvalue weighted by Gasteiger charge is -2.33. The molecule has 1 aliphatic rings. The molecule has 0 radical (unpaired) electrons. The van der Waals surface area contributed by atoms with Crippen molar-refractivity contribution in [3.63, 3.8) is 0 Å². The second-order valence-corrected chi connectivity index (χ2v) is 9.61. The summed E-state index contributed by atoms with van der Waals surface area (Å²) < 4.78 is 59.6. The summed E-state index contributed by atoms with van der Waals surface area (Å²) in [7, 11) is -2.63. The molecule has 1 aliphatic carbocycles. The highest BCUT2D eigenvalue weighted by molar-refractivity contribution is 7.89. The van der Waals surface area contributed by atoms with Crippen molar-refractivity contribution in [2.45, 2.75) is 43.0 Å². The number of carbonyl (C=O) groups is 1. The summed E-state index contributed by atoms with van der Waals surface area (Å²) in [4.78, 5) is 12.6. The van der Waals surface area contributed by atoms with Gasteiger partial charge in [-0.15, -0.1) is 0 Å². The zero-order chi connectivity index (χ0) is 22.6. The number of methoxy groups -OCH3 is 1. The zero-order valence-corrected chi connectivity index (χ0v) is 18.5. The van der Waals surface area contributed by atoms with Gasteiger partial charge < -0.3 is 10.1 Å². The number of nitrogens with zero attached hydrogens (tertiary/aromatic N) is 1. The van der Waals surface area contributed by atoms with Crippen molar-refractivity contribution in [1.82, 2.24) is 4.31 Å². The lowest BCUT2D eigenvalue weighted by atomic mass is 9.95. The predicted octanol–water partition coefficient (Wildman–Crippen LogP) is 4.59.